The van der Waals surface area contributed by atoms with Gasteiger partial charge in [0.25, 0.3) is 5.91 Å². The zero-order valence-electron chi connectivity index (χ0n) is 20.4. The van der Waals surface area contributed by atoms with Crippen molar-refractivity contribution < 1.29 is 13.2 Å². The Bertz CT molecular complexity index is 1240. The second-order valence-corrected chi connectivity index (χ2v) is 11.3. The van der Waals surface area contributed by atoms with E-state index in [9.17, 15) is 13.2 Å². The Balaban J connectivity index is 1.56. The second-order valence-electron chi connectivity index (χ2n) is 9.29. The van der Waals surface area contributed by atoms with Crippen molar-refractivity contribution in [3.63, 3.8) is 0 Å². The molecule has 184 valence electrons. The molecule has 1 amide bonds. The molecule has 1 aromatic heterocycles. The molecule has 6 nitrogen and oxygen atoms in total. The maximum absolute atomic E-state index is 13.6. The first-order chi connectivity index (χ1) is 16.9. The lowest BCUT2D eigenvalue weighted by molar-refractivity contribution is 0.0729. The number of rotatable bonds is 8. The molecule has 0 saturated heterocycles. The number of hydrogen-bond acceptors (Lipinski definition) is 4. The maximum atomic E-state index is 13.6. The topological polar surface area (TPSA) is 70.6 Å². The first-order valence-electron chi connectivity index (χ1n) is 12.2. The Kier molecular flexibility index (Phi) is 7.98. The van der Waals surface area contributed by atoms with Gasteiger partial charge in [-0.05, 0) is 66.8 Å². The Morgan fingerprint density at radius 3 is 2.31 bits per heavy atom. The number of pyridine rings is 1. The summed E-state index contributed by atoms with van der Waals surface area (Å²) in [7, 11) is -1.94. The van der Waals surface area contributed by atoms with Gasteiger partial charge in [0.05, 0.1) is 4.90 Å². The van der Waals surface area contributed by atoms with E-state index in [1.54, 1.807) is 48.6 Å². The minimum absolute atomic E-state index is 0.0409. The Morgan fingerprint density at radius 2 is 1.66 bits per heavy atom. The molecule has 0 aliphatic heterocycles. The molecule has 1 fully saturated rings. The van der Waals surface area contributed by atoms with E-state index in [0.717, 1.165) is 42.4 Å². The number of sulfonamides is 1. The number of aromatic nitrogens is 1. The average molecular weight is 492 g/mol. The van der Waals surface area contributed by atoms with Gasteiger partial charge in [-0.3, -0.25) is 9.78 Å². The van der Waals surface area contributed by atoms with Crippen LogP contribution in [0.25, 0.3) is 0 Å². The van der Waals surface area contributed by atoms with E-state index < -0.39 is 10.0 Å². The smallest absolute Gasteiger partial charge is 0.254 e. The molecule has 4 rings (SSSR count). The largest absolute Gasteiger partial charge is 0.330 e. The molecule has 3 aromatic rings. The highest BCUT2D eigenvalue weighted by molar-refractivity contribution is 7.89. The Morgan fingerprint density at radius 1 is 0.943 bits per heavy atom. The zero-order chi connectivity index (χ0) is 24.8. The van der Waals surface area contributed by atoms with Gasteiger partial charge in [-0.25, -0.2) is 8.42 Å². The minimum atomic E-state index is -3.60. The van der Waals surface area contributed by atoms with Crippen LogP contribution in [0.1, 0.15) is 59.2 Å². The molecule has 1 saturated carbocycles. The first kappa shape index (κ1) is 25.1. The van der Waals surface area contributed by atoms with Gasteiger partial charge in [-0.1, -0.05) is 49.6 Å². The summed E-state index contributed by atoms with van der Waals surface area (Å²) in [5.74, 6) is -0.151. The minimum Gasteiger partial charge on any atom is -0.330 e. The molecular formula is C28H33N3O3S. The van der Waals surface area contributed by atoms with Crippen molar-refractivity contribution in [1.29, 1.82) is 0 Å². The lowest BCUT2D eigenvalue weighted by Crippen LogP contribution is -2.38. The van der Waals surface area contributed by atoms with E-state index >= 15 is 0 Å². The number of nitrogens with zero attached hydrogens (tertiary/aromatic N) is 3. The molecule has 35 heavy (non-hydrogen) atoms. The molecule has 7 heteroatoms. The van der Waals surface area contributed by atoms with Crippen LogP contribution in [0.5, 0.6) is 0 Å². The van der Waals surface area contributed by atoms with E-state index in [1.807, 2.05) is 43.3 Å². The molecular weight excluding hydrogens is 458 g/mol. The summed E-state index contributed by atoms with van der Waals surface area (Å²) in [4.78, 5) is 19.7. The van der Waals surface area contributed by atoms with Crippen molar-refractivity contribution in [3.8, 4) is 0 Å². The Hall–Kier alpha value is -3.03. The van der Waals surface area contributed by atoms with Crippen molar-refractivity contribution in [2.75, 3.05) is 7.05 Å². The number of carbonyl (C=O) groups is 1. The average Bonchev–Trinajstić information content (AvgIpc) is 2.90. The van der Waals surface area contributed by atoms with Gasteiger partial charge < -0.3 is 4.90 Å². The molecule has 0 N–H and O–H groups in total. The van der Waals surface area contributed by atoms with Crippen LogP contribution in [0.4, 0.5) is 0 Å². The molecule has 1 aliphatic carbocycles. The highest BCUT2D eigenvalue weighted by Crippen LogP contribution is 2.27. The van der Waals surface area contributed by atoms with Crippen LogP contribution in [-0.2, 0) is 23.1 Å². The van der Waals surface area contributed by atoms with E-state index in [0.29, 0.717) is 18.7 Å². The normalized spacial score (nSPS) is 14.7. The molecule has 0 spiro atoms. The lowest BCUT2D eigenvalue weighted by Gasteiger charge is -2.30. The van der Waals surface area contributed by atoms with Gasteiger partial charge in [0.1, 0.15) is 0 Å². The van der Waals surface area contributed by atoms with Crippen LogP contribution >= 0.6 is 0 Å². The molecule has 1 aliphatic rings. The summed E-state index contributed by atoms with van der Waals surface area (Å²) in [6.45, 7) is 2.89. The van der Waals surface area contributed by atoms with E-state index in [2.05, 4.69) is 4.98 Å². The van der Waals surface area contributed by atoms with Crippen LogP contribution in [-0.4, -0.2) is 41.6 Å². The molecule has 0 bridgehead atoms. The van der Waals surface area contributed by atoms with Gasteiger partial charge in [-0.15, -0.1) is 0 Å². The van der Waals surface area contributed by atoms with Gasteiger partial charge in [-0.2, -0.15) is 4.31 Å². The SMILES string of the molecule is Cc1ccccc1CN(Cc1cccnc1)C(=O)c1ccc(S(=O)(=O)N(C)C2CCCCC2)cc1. The van der Waals surface area contributed by atoms with Gasteiger partial charge in [0.15, 0.2) is 0 Å². The molecule has 0 radical (unpaired) electrons. The summed E-state index contributed by atoms with van der Waals surface area (Å²) in [5.41, 5.74) is 3.58. The van der Waals surface area contributed by atoms with Crippen LogP contribution in [0.15, 0.2) is 78.0 Å². The number of aryl methyl sites for hydroxylation is 1. The lowest BCUT2D eigenvalue weighted by atomic mass is 9.96. The van der Waals surface area contributed by atoms with Crippen LogP contribution in [0.3, 0.4) is 0 Å². The second kappa shape index (κ2) is 11.1. The van der Waals surface area contributed by atoms with E-state index in [4.69, 9.17) is 0 Å². The quantitative estimate of drug-likeness (QED) is 0.435. The number of amides is 1. The first-order valence-corrected chi connectivity index (χ1v) is 13.6. The van der Waals surface area contributed by atoms with E-state index in [1.165, 1.54) is 10.7 Å². The number of hydrogen-bond donors (Lipinski definition) is 0. The van der Waals surface area contributed by atoms with Crippen molar-refractivity contribution in [2.45, 2.75) is 63.1 Å². The van der Waals surface area contributed by atoms with Crippen LogP contribution < -0.4 is 0 Å². The summed E-state index contributed by atoms with van der Waals surface area (Å²) < 4.78 is 27.9. The van der Waals surface area contributed by atoms with Crippen molar-refractivity contribution in [2.24, 2.45) is 0 Å². The molecule has 0 atom stereocenters. The maximum Gasteiger partial charge on any atom is 0.254 e. The summed E-state index contributed by atoms with van der Waals surface area (Å²) >= 11 is 0. The standard InChI is InChI=1S/C28H33N3O3S/c1-22-9-6-7-11-25(22)21-31(20-23-10-8-18-29-19-23)28(32)24-14-16-27(17-15-24)35(33,34)30(2)26-12-4-3-5-13-26/h6-11,14-19,26H,3-5,12-13,20-21H2,1-2H3. The molecule has 0 unspecified atom stereocenters. The fraction of sp³-hybridized carbons (Fsp3) is 0.357. The van der Waals surface area contributed by atoms with Crippen LogP contribution in [0.2, 0.25) is 0 Å². The summed E-state index contributed by atoms with van der Waals surface area (Å²) in [6.07, 6.45) is 8.55. The predicted molar refractivity (Wildman–Crippen MR) is 137 cm³/mol. The van der Waals surface area contributed by atoms with Crippen molar-refractivity contribution in [1.82, 2.24) is 14.2 Å². The summed E-state index contributed by atoms with van der Waals surface area (Å²) in [6, 6.07) is 18.2. The van der Waals surface area contributed by atoms with Gasteiger partial charge in [0, 0.05) is 44.1 Å². The highest BCUT2D eigenvalue weighted by atomic mass is 32.2. The van der Waals surface area contributed by atoms with Crippen LogP contribution in [0, 0.1) is 6.92 Å². The predicted octanol–water partition coefficient (Wildman–Crippen LogP) is 5.19. The van der Waals surface area contributed by atoms with Crippen molar-refractivity contribution >= 4 is 15.9 Å². The van der Waals surface area contributed by atoms with Gasteiger partial charge >= 0.3 is 0 Å². The summed E-state index contributed by atoms with van der Waals surface area (Å²) in [5, 5.41) is 0. The monoisotopic (exact) mass is 491 g/mol. The highest BCUT2D eigenvalue weighted by Gasteiger charge is 2.29. The fourth-order valence-electron chi connectivity index (χ4n) is 4.66. The third kappa shape index (κ3) is 5.97. The number of benzene rings is 2. The molecule has 1 heterocycles. The zero-order valence-corrected chi connectivity index (χ0v) is 21.2. The Labute approximate surface area is 208 Å². The molecule has 2 aromatic carbocycles. The third-order valence-corrected chi connectivity index (χ3v) is 8.80. The third-order valence-electron chi connectivity index (χ3n) is 6.87. The van der Waals surface area contributed by atoms with E-state index in [-0.39, 0.29) is 16.8 Å². The fourth-order valence-corrected chi connectivity index (χ4v) is 6.08. The van der Waals surface area contributed by atoms with Gasteiger partial charge in [0.2, 0.25) is 10.0 Å². The van der Waals surface area contributed by atoms with Crippen molar-refractivity contribution in [3.05, 3.63) is 95.3 Å². The number of carbonyl (C=O) groups excluding carboxylic acids is 1.